The number of ketones is 1. The van der Waals surface area contributed by atoms with E-state index in [-0.39, 0.29) is 18.0 Å². The highest BCUT2D eigenvalue weighted by molar-refractivity contribution is 9.10. The fraction of sp³-hybridized carbons (Fsp3) is 0.294. The van der Waals surface area contributed by atoms with Crippen LogP contribution < -0.4 is 9.47 Å². The number of esters is 1. The Kier molecular flexibility index (Phi) is 6.39. The SMILES string of the molecule is CCOc1c(Br)cc(C(=O)OCC(=O)c2ccc(C)s2)cc1OC. The lowest BCUT2D eigenvalue weighted by atomic mass is 10.2. The molecule has 5 nitrogen and oxygen atoms in total. The summed E-state index contributed by atoms with van der Waals surface area (Å²) in [6.45, 7) is 3.93. The molecule has 0 saturated heterocycles. The molecule has 0 bridgehead atoms. The highest BCUT2D eigenvalue weighted by Gasteiger charge is 2.18. The minimum Gasteiger partial charge on any atom is -0.493 e. The summed E-state index contributed by atoms with van der Waals surface area (Å²) in [6.07, 6.45) is 0. The van der Waals surface area contributed by atoms with Gasteiger partial charge in [-0.3, -0.25) is 4.79 Å². The Hall–Kier alpha value is -1.86. The molecular weight excluding hydrogens is 396 g/mol. The molecule has 7 heteroatoms. The van der Waals surface area contributed by atoms with Gasteiger partial charge in [0, 0.05) is 4.88 Å². The minimum atomic E-state index is -0.598. The third-order valence-electron chi connectivity index (χ3n) is 3.10. The first-order valence-electron chi connectivity index (χ1n) is 7.23. The van der Waals surface area contributed by atoms with E-state index < -0.39 is 5.97 Å². The highest BCUT2D eigenvalue weighted by Crippen LogP contribution is 2.36. The van der Waals surface area contributed by atoms with Gasteiger partial charge in [0.15, 0.2) is 18.1 Å². The van der Waals surface area contributed by atoms with Crippen molar-refractivity contribution in [2.45, 2.75) is 13.8 Å². The molecule has 0 aliphatic carbocycles. The van der Waals surface area contributed by atoms with E-state index in [2.05, 4.69) is 15.9 Å². The Morgan fingerprint density at radius 3 is 2.58 bits per heavy atom. The van der Waals surface area contributed by atoms with Gasteiger partial charge >= 0.3 is 5.97 Å². The molecule has 0 amide bonds. The zero-order chi connectivity index (χ0) is 17.7. The number of thiophene rings is 1. The van der Waals surface area contributed by atoms with Gasteiger partial charge in [-0.1, -0.05) is 0 Å². The summed E-state index contributed by atoms with van der Waals surface area (Å²) in [5, 5.41) is 0. The Labute approximate surface area is 152 Å². The number of rotatable bonds is 7. The molecule has 2 aromatic rings. The summed E-state index contributed by atoms with van der Waals surface area (Å²) >= 11 is 4.72. The van der Waals surface area contributed by atoms with Crippen LogP contribution >= 0.6 is 27.3 Å². The van der Waals surface area contributed by atoms with Crippen LogP contribution in [0, 0.1) is 6.92 Å². The van der Waals surface area contributed by atoms with Gasteiger partial charge in [0.1, 0.15) is 0 Å². The van der Waals surface area contributed by atoms with Crippen molar-refractivity contribution in [3.05, 3.63) is 44.1 Å². The lowest BCUT2D eigenvalue weighted by Crippen LogP contribution is -2.13. The lowest BCUT2D eigenvalue weighted by Gasteiger charge is -2.13. The summed E-state index contributed by atoms with van der Waals surface area (Å²) in [7, 11) is 1.49. The number of hydrogen-bond acceptors (Lipinski definition) is 6. The summed E-state index contributed by atoms with van der Waals surface area (Å²) in [5.74, 6) is 0.108. The van der Waals surface area contributed by atoms with Crippen LogP contribution in [0.1, 0.15) is 31.8 Å². The smallest absolute Gasteiger partial charge is 0.338 e. The summed E-state index contributed by atoms with van der Waals surface area (Å²) in [5.41, 5.74) is 0.275. The van der Waals surface area contributed by atoms with Crippen LogP contribution in [-0.2, 0) is 4.74 Å². The van der Waals surface area contributed by atoms with Crippen molar-refractivity contribution in [2.75, 3.05) is 20.3 Å². The Morgan fingerprint density at radius 1 is 1.25 bits per heavy atom. The zero-order valence-electron chi connectivity index (χ0n) is 13.6. The van der Waals surface area contributed by atoms with Crippen molar-refractivity contribution in [3.63, 3.8) is 0 Å². The van der Waals surface area contributed by atoms with E-state index >= 15 is 0 Å². The van der Waals surface area contributed by atoms with E-state index in [1.54, 1.807) is 12.1 Å². The van der Waals surface area contributed by atoms with Crippen LogP contribution in [0.15, 0.2) is 28.7 Å². The van der Waals surface area contributed by atoms with Crippen molar-refractivity contribution in [1.29, 1.82) is 0 Å². The van der Waals surface area contributed by atoms with Crippen LogP contribution in [0.25, 0.3) is 0 Å². The van der Waals surface area contributed by atoms with Gasteiger partial charge in [-0.05, 0) is 54.0 Å². The standard InChI is InChI=1S/C17H17BrO5S/c1-4-22-16-12(18)7-11(8-14(16)21-3)17(20)23-9-13(19)15-6-5-10(2)24-15/h5-8H,4,9H2,1-3H3. The summed E-state index contributed by atoms with van der Waals surface area (Å²) in [6, 6.07) is 6.69. The van der Waals surface area contributed by atoms with E-state index in [0.717, 1.165) is 4.88 Å². The van der Waals surface area contributed by atoms with Gasteiger partial charge in [0.25, 0.3) is 0 Å². The number of halogens is 1. The zero-order valence-corrected chi connectivity index (χ0v) is 16.0. The van der Waals surface area contributed by atoms with Crippen molar-refractivity contribution >= 4 is 39.0 Å². The molecule has 1 aromatic heterocycles. The molecule has 0 saturated carbocycles. The van der Waals surface area contributed by atoms with Crippen LogP contribution in [-0.4, -0.2) is 32.1 Å². The third-order valence-corrected chi connectivity index (χ3v) is 4.73. The number of Topliss-reactive ketones (excluding diaryl/α,β-unsaturated/α-hetero) is 1. The molecule has 0 spiro atoms. The second-order valence-electron chi connectivity index (χ2n) is 4.83. The first-order valence-corrected chi connectivity index (χ1v) is 8.84. The maximum Gasteiger partial charge on any atom is 0.338 e. The maximum atomic E-state index is 12.2. The number of carbonyl (C=O) groups is 2. The Balaban J connectivity index is 2.09. The van der Waals surface area contributed by atoms with E-state index in [9.17, 15) is 9.59 Å². The van der Waals surface area contributed by atoms with Crippen LogP contribution in [0.3, 0.4) is 0 Å². The van der Waals surface area contributed by atoms with Crippen molar-refractivity contribution in [1.82, 2.24) is 0 Å². The highest BCUT2D eigenvalue weighted by atomic mass is 79.9. The molecule has 1 aromatic carbocycles. The Morgan fingerprint density at radius 2 is 2.00 bits per heavy atom. The summed E-state index contributed by atoms with van der Waals surface area (Å²) in [4.78, 5) is 25.8. The average Bonchev–Trinajstić information content (AvgIpc) is 3.00. The molecular formula is C17H17BrO5S. The van der Waals surface area contributed by atoms with Crippen molar-refractivity contribution < 1.29 is 23.8 Å². The largest absolute Gasteiger partial charge is 0.493 e. The molecule has 0 radical (unpaired) electrons. The first-order chi connectivity index (χ1) is 11.5. The molecule has 1 heterocycles. The predicted molar refractivity (Wildman–Crippen MR) is 95.5 cm³/mol. The Bertz CT molecular complexity index is 753. The second kappa shape index (κ2) is 8.30. The van der Waals surface area contributed by atoms with Crippen LogP contribution in [0.5, 0.6) is 11.5 Å². The normalized spacial score (nSPS) is 10.3. The minimum absolute atomic E-state index is 0.224. The van der Waals surface area contributed by atoms with Crippen LogP contribution in [0.2, 0.25) is 0 Å². The van der Waals surface area contributed by atoms with E-state index in [1.165, 1.54) is 24.5 Å². The molecule has 0 atom stereocenters. The van der Waals surface area contributed by atoms with Gasteiger partial charge < -0.3 is 14.2 Å². The number of carbonyl (C=O) groups excluding carboxylic acids is 2. The number of ether oxygens (including phenoxy) is 3. The molecule has 128 valence electrons. The summed E-state index contributed by atoms with van der Waals surface area (Å²) < 4.78 is 16.4. The monoisotopic (exact) mass is 412 g/mol. The number of benzene rings is 1. The second-order valence-corrected chi connectivity index (χ2v) is 6.97. The maximum absolute atomic E-state index is 12.2. The van der Waals surface area contributed by atoms with Crippen molar-refractivity contribution in [3.8, 4) is 11.5 Å². The number of aryl methyl sites for hydroxylation is 1. The van der Waals surface area contributed by atoms with E-state index in [4.69, 9.17) is 14.2 Å². The fourth-order valence-corrected chi connectivity index (χ4v) is 3.34. The van der Waals surface area contributed by atoms with Gasteiger partial charge in [0.05, 0.1) is 28.6 Å². The number of hydrogen-bond donors (Lipinski definition) is 0. The molecule has 0 fully saturated rings. The van der Waals surface area contributed by atoms with Gasteiger partial charge in [0.2, 0.25) is 5.78 Å². The lowest BCUT2D eigenvalue weighted by molar-refractivity contribution is 0.0475. The average molecular weight is 413 g/mol. The van der Waals surface area contributed by atoms with Gasteiger partial charge in [-0.25, -0.2) is 4.79 Å². The predicted octanol–water partition coefficient (Wildman–Crippen LogP) is 4.27. The fourth-order valence-electron chi connectivity index (χ4n) is 1.99. The quantitative estimate of drug-likeness (QED) is 0.501. The van der Waals surface area contributed by atoms with Crippen molar-refractivity contribution in [2.24, 2.45) is 0 Å². The topological polar surface area (TPSA) is 61.8 Å². The number of methoxy groups -OCH3 is 1. The van der Waals surface area contributed by atoms with Gasteiger partial charge in [-0.15, -0.1) is 11.3 Å². The first kappa shape index (κ1) is 18.5. The molecule has 0 unspecified atom stereocenters. The molecule has 0 N–H and O–H groups in total. The van der Waals surface area contributed by atoms with E-state index in [0.29, 0.717) is 27.5 Å². The van der Waals surface area contributed by atoms with Gasteiger partial charge in [-0.2, -0.15) is 0 Å². The third kappa shape index (κ3) is 4.36. The molecule has 2 rings (SSSR count). The van der Waals surface area contributed by atoms with E-state index in [1.807, 2.05) is 19.9 Å². The molecule has 0 aliphatic heterocycles. The van der Waals surface area contributed by atoms with Crippen LogP contribution in [0.4, 0.5) is 0 Å². The molecule has 0 aliphatic rings. The molecule has 24 heavy (non-hydrogen) atoms.